The molecule has 0 unspecified atom stereocenters. The van der Waals surface area contributed by atoms with Gasteiger partial charge in [-0.05, 0) is 18.5 Å². The van der Waals surface area contributed by atoms with Crippen molar-refractivity contribution in [1.82, 2.24) is 10.3 Å². The van der Waals surface area contributed by atoms with Crippen LogP contribution in [0.4, 0.5) is 0 Å². The largest absolute Gasteiger partial charge is 0.493 e. The van der Waals surface area contributed by atoms with Crippen LogP contribution in [0.15, 0.2) is 29.9 Å². The molecule has 0 amide bonds. The van der Waals surface area contributed by atoms with Crippen LogP contribution in [0.2, 0.25) is 0 Å². The molecule has 5 heteroatoms. The van der Waals surface area contributed by atoms with Gasteiger partial charge in [0.25, 0.3) is 0 Å². The molecule has 0 saturated heterocycles. The Labute approximate surface area is 130 Å². The summed E-state index contributed by atoms with van der Waals surface area (Å²) in [5.74, 6) is 2.20. The van der Waals surface area contributed by atoms with E-state index in [0.29, 0.717) is 12.5 Å². The lowest BCUT2D eigenvalue weighted by Crippen LogP contribution is -2.19. The Morgan fingerprint density at radius 2 is 2.19 bits per heavy atom. The predicted octanol–water partition coefficient (Wildman–Crippen LogP) is 3.48. The summed E-state index contributed by atoms with van der Waals surface area (Å²) in [5, 5.41) is 3.44. The van der Waals surface area contributed by atoms with Gasteiger partial charge in [0.05, 0.1) is 17.5 Å². The highest BCUT2D eigenvalue weighted by molar-refractivity contribution is 7.09. The molecule has 0 aliphatic carbocycles. The molecule has 0 aliphatic heterocycles. The van der Waals surface area contributed by atoms with Crippen molar-refractivity contribution in [3.05, 3.63) is 40.3 Å². The molecule has 0 atom stereocenters. The maximum Gasteiger partial charge on any atom is 0.166 e. The summed E-state index contributed by atoms with van der Waals surface area (Å²) in [4.78, 5) is 5.16. The lowest BCUT2D eigenvalue weighted by Gasteiger charge is -2.15. The lowest BCUT2D eigenvalue weighted by atomic mass is 10.1. The van der Waals surface area contributed by atoms with Crippen molar-refractivity contribution in [2.45, 2.75) is 27.0 Å². The number of hydrogen-bond donors (Lipinski definition) is 1. The van der Waals surface area contributed by atoms with Crippen LogP contribution >= 0.6 is 11.3 Å². The van der Waals surface area contributed by atoms with Crippen LogP contribution in [-0.2, 0) is 13.2 Å². The van der Waals surface area contributed by atoms with E-state index in [1.54, 1.807) is 18.4 Å². The average molecular weight is 306 g/mol. The molecular weight excluding hydrogens is 284 g/mol. The van der Waals surface area contributed by atoms with Gasteiger partial charge in [0.15, 0.2) is 11.5 Å². The third-order valence-corrected chi connectivity index (χ3v) is 3.74. The van der Waals surface area contributed by atoms with E-state index >= 15 is 0 Å². The molecule has 1 N–H and O–H groups in total. The van der Waals surface area contributed by atoms with Crippen LogP contribution in [0.3, 0.4) is 0 Å². The van der Waals surface area contributed by atoms with E-state index in [1.165, 1.54) is 0 Å². The van der Waals surface area contributed by atoms with Crippen LogP contribution < -0.4 is 14.8 Å². The van der Waals surface area contributed by atoms with Gasteiger partial charge in [-0.3, -0.25) is 4.98 Å². The molecule has 114 valence electrons. The highest BCUT2D eigenvalue weighted by Gasteiger charge is 2.11. The maximum atomic E-state index is 5.97. The minimum Gasteiger partial charge on any atom is -0.493 e. The first kappa shape index (κ1) is 15.8. The van der Waals surface area contributed by atoms with E-state index in [9.17, 15) is 0 Å². The smallest absolute Gasteiger partial charge is 0.166 e. The summed E-state index contributed by atoms with van der Waals surface area (Å²) in [7, 11) is 1.67. The van der Waals surface area contributed by atoms with Gasteiger partial charge in [0.2, 0.25) is 0 Å². The van der Waals surface area contributed by atoms with Gasteiger partial charge >= 0.3 is 0 Å². The SMILES string of the molecule is COc1cccc(CNCC(C)C)c1OCc1cncs1. The van der Waals surface area contributed by atoms with Crippen molar-refractivity contribution >= 4 is 11.3 Å². The normalized spacial score (nSPS) is 10.9. The molecule has 0 aliphatic rings. The Morgan fingerprint density at radius 1 is 1.33 bits per heavy atom. The molecule has 2 aromatic rings. The molecule has 4 nitrogen and oxygen atoms in total. The second kappa shape index (κ2) is 8.00. The fourth-order valence-corrected chi connectivity index (χ4v) is 2.48. The van der Waals surface area contributed by atoms with Crippen molar-refractivity contribution in [2.24, 2.45) is 5.92 Å². The molecule has 21 heavy (non-hydrogen) atoms. The van der Waals surface area contributed by atoms with Crippen LogP contribution in [0, 0.1) is 5.92 Å². The molecule has 0 fully saturated rings. The molecule has 0 radical (unpaired) electrons. The summed E-state index contributed by atoms with van der Waals surface area (Å²) in [6, 6.07) is 5.98. The van der Waals surface area contributed by atoms with Gasteiger partial charge in [-0.25, -0.2) is 0 Å². The minimum absolute atomic E-state index is 0.516. The Kier molecular flexibility index (Phi) is 6.02. The second-order valence-electron chi connectivity index (χ2n) is 5.23. The maximum absolute atomic E-state index is 5.97. The van der Waals surface area contributed by atoms with Crippen LogP contribution in [0.5, 0.6) is 11.5 Å². The molecule has 0 spiro atoms. The van der Waals surface area contributed by atoms with Gasteiger partial charge in [-0.1, -0.05) is 26.0 Å². The van der Waals surface area contributed by atoms with Gasteiger partial charge in [0, 0.05) is 18.3 Å². The highest BCUT2D eigenvalue weighted by Crippen LogP contribution is 2.32. The second-order valence-corrected chi connectivity index (χ2v) is 6.20. The van der Waals surface area contributed by atoms with E-state index in [4.69, 9.17) is 9.47 Å². The summed E-state index contributed by atoms with van der Waals surface area (Å²) in [5.41, 5.74) is 2.92. The number of nitrogens with zero attached hydrogens (tertiary/aromatic N) is 1. The monoisotopic (exact) mass is 306 g/mol. The fraction of sp³-hybridized carbons (Fsp3) is 0.438. The van der Waals surface area contributed by atoms with Gasteiger partial charge in [0.1, 0.15) is 6.61 Å². The van der Waals surface area contributed by atoms with E-state index in [0.717, 1.165) is 35.0 Å². The van der Waals surface area contributed by atoms with Crippen molar-refractivity contribution in [1.29, 1.82) is 0 Å². The van der Waals surface area contributed by atoms with Crippen molar-refractivity contribution in [2.75, 3.05) is 13.7 Å². The van der Waals surface area contributed by atoms with E-state index in [1.807, 2.05) is 23.8 Å². The fourth-order valence-electron chi connectivity index (χ4n) is 1.98. The lowest BCUT2D eigenvalue weighted by molar-refractivity contribution is 0.283. The van der Waals surface area contributed by atoms with Gasteiger partial charge in [-0.15, -0.1) is 11.3 Å². The molecule has 1 aromatic heterocycles. The van der Waals surface area contributed by atoms with Crippen LogP contribution in [0.25, 0.3) is 0 Å². The number of methoxy groups -OCH3 is 1. The Morgan fingerprint density at radius 3 is 2.86 bits per heavy atom. The van der Waals surface area contributed by atoms with Crippen molar-refractivity contribution in [3.63, 3.8) is 0 Å². The first-order valence-corrected chi connectivity index (χ1v) is 7.95. The van der Waals surface area contributed by atoms with E-state index < -0.39 is 0 Å². The third kappa shape index (κ3) is 4.72. The third-order valence-electron chi connectivity index (χ3n) is 2.99. The number of para-hydroxylation sites is 1. The standard InChI is InChI=1S/C16H22N2O2S/c1-12(2)7-17-8-13-5-4-6-15(19-3)16(13)20-10-14-9-18-11-21-14/h4-6,9,11-12,17H,7-8,10H2,1-3H3. The zero-order valence-corrected chi connectivity index (χ0v) is 13.6. The molecule has 0 bridgehead atoms. The molecule has 1 aromatic carbocycles. The number of aromatic nitrogens is 1. The zero-order valence-electron chi connectivity index (χ0n) is 12.8. The Balaban J connectivity index is 2.07. The van der Waals surface area contributed by atoms with E-state index in [2.05, 4.69) is 30.2 Å². The van der Waals surface area contributed by atoms with Crippen molar-refractivity contribution in [3.8, 4) is 11.5 Å². The number of ether oxygens (including phenoxy) is 2. The molecule has 1 heterocycles. The highest BCUT2D eigenvalue weighted by atomic mass is 32.1. The number of benzene rings is 1. The quantitative estimate of drug-likeness (QED) is 0.811. The molecule has 0 saturated carbocycles. The van der Waals surface area contributed by atoms with E-state index in [-0.39, 0.29) is 0 Å². The first-order chi connectivity index (χ1) is 10.2. The molecular formula is C16H22N2O2S. The van der Waals surface area contributed by atoms with Gasteiger partial charge in [-0.2, -0.15) is 0 Å². The van der Waals surface area contributed by atoms with Gasteiger partial charge < -0.3 is 14.8 Å². The number of nitrogens with one attached hydrogen (secondary N) is 1. The van der Waals surface area contributed by atoms with Crippen molar-refractivity contribution < 1.29 is 9.47 Å². The van der Waals surface area contributed by atoms with Crippen LogP contribution in [-0.4, -0.2) is 18.6 Å². The first-order valence-electron chi connectivity index (χ1n) is 7.07. The average Bonchev–Trinajstić information content (AvgIpc) is 2.98. The Hall–Kier alpha value is -1.59. The molecule has 2 rings (SSSR count). The number of hydrogen-bond acceptors (Lipinski definition) is 5. The summed E-state index contributed by atoms with van der Waals surface area (Å²) in [6.45, 7) is 6.65. The summed E-state index contributed by atoms with van der Waals surface area (Å²) in [6.07, 6.45) is 1.83. The minimum atomic E-state index is 0.516. The summed E-state index contributed by atoms with van der Waals surface area (Å²) >= 11 is 1.59. The number of rotatable bonds is 8. The number of thiazole rings is 1. The Bertz CT molecular complexity index is 541. The summed E-state index contributed by atoms with van der Waals surface area (Å²) < 4.78 is 11.4. The van der Waals surface area contributed by atoms with Crippen LogP contribution in [0.1, 0.15) is 24.3 Å². The topological polar surface area (TPSA) is 43.4 Å². The zero-order chi connectivity index (χ0) is 15.1. The predicted molar refractivity (Wildman–Crippen MR) is 86.0 cm³/mol.